The molecule has 0 unspecified atom stereocenters. The van der Waals surface area contributed by atoms with Crippen molar-refractivity contribution in [2.24, 2.45) is 0 Å². The molecule has 0 saturated carbocycles. The maximum atomic E-state index is 12.9. The summed E-state index contributed by atoms with van der Waals surface area (Å²) in [5.74, 6) is 0.0214. The van der Waals surface area contributed by atoms with Gasteiger partial charge in [-0.15, -0.1) is 0 Å². The van der Waals surface area contributed by atoms with Crippen LogP contribution in [0, 0.1) is 0 Å². The van der Waals surface area contributed by atoms with E-state index < -0.39 is 0 Å². The van der Waals surface area contributed by atoms with Crippen LogP contribution in [0.5, 0.6) is 0 Å². The van der Waals surface area contributed by atoms with Crippen LogP contribution in [0.1, 0.15) is 11.1 Å². The first kappa shape index (κ1) is 21.7. The Morgan fingerprint density at radius 2 is 1.68 bits per heavy atom. The quantitative estimate of drug-likeness (QED) is 0.419. The van der Waals surface area contributed by atoms with Gasteiger partial charge in [0.1, 0.15) is 5.69 Å². The summed E-state index contributed by atoms with van der Waals surface area (Å²) in [5.41, 5.74) is 4.79. The Hall–Kier alpha value is -4.10. The highest BCUT2D eigenvalue weighted by atomic mass is 16.2. The van der Waals surface area contributed by atoms with E-state index in [0.717, 1.165) is 42.1 Å². The molecule has 0 N–H and O–H groups in total. The zero-order chi connectivity index (χ0) is 23.2. The topological polar surface area (TPSA) is 67.2 Å². The van der Waals surface area contributed by atoms with Gasteiger partial charge in [-0.05, 0) is 48.0 Å². The first-order valence-electron chi connectivity index (χ1n) is 11.4. The Labute approximate surface area is 199 Å². The van der Waals surface area contributed by atoms with Crippen molar-refractivity contribution in [2.45, 2.75) is 6.54 Å². The molecule has 4 heterocycles. The number of amides is 1. The molecule has 0 bridgehead atoms. The van der Waals surface area contributed by atoms with Crippen LogP contribution in [0.4, 0.5) is 0 Å². The average molecular weight is 451 g/mol. The fourth-order valence-corrected chi connectivity index (χ4v) is 4.09. The van der Waals surface area contributed by atoms with Crippen LogP contribution in [-0.2, 0) is 11.3 Å². The lowest BCUT2D eigenvalue weighted by atomic mass is 10.1. The van der Waals surface area contributed by atoms with Crippen molar-refractivity contribution in [1.29, 1.82) is 0 Å². The van der Waals surface area contributed by atoms with Gasteiger partial charge in [0.15, 0.2) is 0 Å². The minimum Gasteiger partial charge on any atom is -0.337 e. The third-order valence-corrected chi connectivity index (χ3v) is 5.94. The third kappa shape index (κ3) is 5.10. The molecule has 1 saturated heterocycles. The molecule has 3 aromatic heterocycles. The Kier molecular flexibility index (Phi) is 6.54. The summed E-state index contributed by atoms with van der Waals surface area (Å²) >= 11 is 0. The van der Waals surface area contributed by atoms with Crippen LogP contribution < -0.4 is 0 Å². The molecule has 1 amide bonds. The van der Waals surface area contributed by atoms with Crippen molar-refractivity contribution in [3.8, 4) is 16.9 Å². The molecule has 0 atom stereocenters. The van der Waals surface area contributed by atoms with Crippen LogP contribution in [0.15, 0.2) is 91.7 Å². The van der Waals surface area contributed by atoms with Gasteiger partial charge in [0, 0.05) is 80.9 Å². The fraction of sp³-hybridized carbons (Fsp3) is 0.185. The summed E-state index contributed by atoms with van der Waals surface area (Å²) in [7, 11) is 0. The van der Waals surface area contributed by atoms with E-state index in [1.165, 1.54) is 5.56 Å². The Morgan fingerprint density at radius 3 is 2.41 bits per heavy atom. The largest absolute Gasteiger partial charge is 0.337 e. The number of para-hydroxylation sites is 1. The number of benzene rings is 1. The molecule has 1 aliphatic heterocycles. The molecule has 1 aliphatic rings. The predicted molar refractivity (Wildman–Crippen MR) is 132 cm³/mol. The van der Waals surface area contributed by atoms with Gasteiger partial charge >= 0.3 is 0 Å². The van der Waals surface area contributed by atoms with E-state index >= 15 is 0 Å². The van der Waals surface area contributed by atoms with E-state index in [1.807, 2.05) is 88.8 Å². The summed E-state index contributed by atoms with van der Waals surface area (Å²) < 4.78 is 1.84. The maximum Gasteiger partial charge on any atom is 0.246 e. The third-order valence-electron chi connectivity index (χ3n) is 5.94. The second-order valence-corrected chi connectivity index (χ2v) is 8.25. The van der Waals surface area contributed by atoms with Crippen LogP contribution >= 0.6 is 0 Å². The van der Waals surface area contributed by atoms with Crippen molar-refractivity contribution in [3.05, 3.63) is 103 Å². The zero-order valence-electron chi connectivity index (χ0n) is 18.9. The number of hydrogen-bond acceptors (Lipinski definition) is 5. The lowest BCUT2D eigenvalue weighted by Crippen LogP contribution is -2.47. The van der Waals surface area contributed by atoms with Crippen LogP contribution in [0.3, 0.4) is 0 Å². The van der Waals surface area contributed by atoms with E-state index in [9.17, 15) is 4.79 Å². The Bertz CT molecular complexity index is 1250. The van der Waals surface area contributed by atoms with Gasteiger partial charge in [-0.25, -0.2) is 4.68 Å². The van der Waals surface area contributed by atoms with E-state index in [4.69, 9.17) is 5.10 Å². The van der Waals surface area contributed by atoms with Gasteiger partial charge in [-0.1, -0.05) is 18.2 Å². The lowest BCUT2D eigenvalue weighted by molar-refractivity contribution is -0.127. The van der Waals surface area contributed by atoms with Gasteiger partial charge in [0.2, 0.25) is 5.91 Å². The molecule has 7 nitrogen and oxygen atoms in total. The van der Waals surface area contributed by atoms with Crippen LogP contribution in [-0.4, -0.2) is 61.6 Å². The van der Waals surface area contributed by atoms with E-state index in [0.29, 0.717) is 13.1 Å². The molecule has 170 valence electrons. The monoisotopic (exact) mass is 450 g/mol. The maximum absolute atomic E-state index is 12.9. The molecule has 0 radical (unpaired) electrons. The van der Waals surface area contributed by atoms with Gasteiger partial charge in [-0.3, -0.25) is 19.7 Å². The summed E-state index contributed by atoms with van der Waals surface area (Å²) in [5, 5.41) is 4.78. The van der Waals surface area contributed by atoms with Crippen molar-refractivity contribution >= 4 is 12.0 Å². The molecule has 5 rings (SSSR count). The van der Waals surface area contributed by atoms with E-state index in [1.54, 1.807) is 18.5 Å². The van der Waals surface area contributed by atoms with Gasteiger partial charge in [0.05, 0.1) is 5.69 Å². The Morgan fingerprint density at radius 1 is 0.882 bits per heavy atom. The first-order valence-corrected chi connectivity index (χ1v) is 11.4. The van der Waals surface area contributed by atoms with Crippen molar-refractivity contribution < 1.29 is 4.79 Å². The first-order chi connectivity index (χ1) is 16.8. The predicted octanol–water partition coefficient (Wildman–Crippen LogP) is 3.69. The number of pyridine rings is 2. The van der Waals surface area contributed by atoms with E-state index in [-0.39, 0.29) is 5.91 Å². The number of piperazine rings is 1. The normalized spacial score (nSPS) is 14.5. The van der Waals surface area contributed by atoms with E-state index in [2.05, 4.69) is 14.9 Å². The second kappa shape index (κ2) is 10.2. The molecular formula is C27H26N6O. The molecular weight excluding hydrogens is 424 g/mol. The molecule has 34 heavy (non-hydrogen) atoms. The molecule has 1 fully saturated rings. The van der Waals surface area contributed by atoms with Gasteiger partial charge < -0.3 is 4.90 Å². The number of aromatic nitrogens is 4. The number of carbonyl (C=O) groups excluding carboxylic acids is 1. The molecule has 0 aliphatic carbocycles. The number of carbonyl (C=O) groups is 1. The van der Waals surface area contributed by atoms with Crippen LogP contribution in [0.2, 0.25) is 0 Å². The number of rotatable bonds is 6. The minimum absolute atomic E-state index is 0.0214. The lowest BCUT2D eigenvalue weighted by Gasteiger charge is -2.34. The molecule has 4 aromatic rings. The standard InChI is InChI=1S/C27H26N6O/c34-26(32-17-15-31(16-18-32)20-22-10-13-28-14-11-22)9-8-24-21-33(25-6-2-1-3-7-25)30-27(24)23-5-4-12-29-19-23/h1-14,19,21H,15-18,20H2. The highest BCUT2D eigenvalue weighted by Gasteiger charge is 2.20. The van der Waals surface area contributed by atoms with Gasteiger partial charge in [-0.2, -0.15) is 5.10 Å². The molecule has 1 aromatic carbocycles. The SMILES string of the molecule is O=C(C=Cc1cn(-c2ccccc2)nc1-c1cccnc1)N1CCN(Cc2ccncc2)CC1. The van der Waals surface area contributed by atoms with Crippen molar-refractivity contribution in [1.82, 2.24) is 29.5 Å². The van der Waals surface area contributed by atoms with Gasteiger partial charge in [0.25, 0.3) is 0 Å². The number of nitrogens with zero attached hydrogens (tertiary/aromatic N) is 6. The molecule has 7 heteroatoms. The summed E-state index contributed by atoms with van der Waals surface area (Å²) in [4.78, 5) is 25.5. The smallest absolute Gasteiger partial charge is 0.246 e. The zero-order valence-corrected chi connectivity index (χ0v) is 18.9. The Balaban J connectivity index is 1.29. The summed E-state index contributed by atoms with van der Waals surface area (Å²) in [6.45, 7) is 4.02. The number of hydrogen-bond donors (Lipinski definition) is 0. The van der Waals surface area contributed by atoms with Crippen LogP contribution in [0.25, 0.3) is 23.0 Å². The summed E-state index contributed by atoms with van der Waals surface area (Å²) in [6, 6.07) is 17.9. The highest BCUT2D eigenvalue weighted by molar-refractivity contribution is 5.93. The second-order valence-electron chi connectivity index (χ2n) is 8.25. The minimum atomic E-state index is 0.0214. The molecule has 0 spiro atoms. The fourth-order valence-electron chi connectivity index (χ4n) is 4.09. The average Bonchev–Trinajstić information content (AvgIpc) is 3.34. The van der Waals surface area contributed by atoms with Crippen molar-refractivity contribution in [3.63, 3.8) is 0 Å². The summed E-state index contributed by atoms with van der Waals surface area (Å²) in [6.07, 6.45) is 12.6. The van der Waals surface area contributed by atoms with Crippen molar-refractivity contribution in [2.75, 3.05) is 26.2 Å². The highest BCUT2D eigenvalue weighted by Crippen LogP contribution is 2.24.